The highest BCUT2D eigenvalue weighted by molar-refractivity contribution is 7.12. The molecule has 0 radical (unpaired) electrons. The fraction of sp³-hybridized carbons (Fsp3) is 0.100. The first kappa shape index (κ1) is 19.7. The van der Waals surface area contributed by atoms with Crippen molar-refractivity contribution >= 4 is 46.0 Å². The van der Waals surface area contributed by atoms with Crippen LogP contribution < -0.4 is 0 Å². The zero-order valence-corrected chi connectivity index (χ0v) is 16.8. The first-order valence-electron chi connectivity index (χ1n) is 8.24. The summed E-state index contributed by atoms with van der Waals surface area (Å²) in [7, 11) is 0. The Labute approximate surface area is 169 Å². The van der Waals surface area contributed by atoms with Crippen molar-refractivity contribution in [3.63, 3.8) is 0 Å². The van der Waals surface area contributed by atoms with Gasteiger partial charge in [-0.2, -0.15) is 0 Å². The minimum absolute atomic E-state index is 0.276. The van der Waals surface area contributed by atoms with E-state index in [1.165, 1.54) is 46.9 Å². The maximum Gasteiger partial charge on any atom is 0.365 e. The fourth-order valence-corrected chi connectivity index (χ4v) is 3.46. The van der Waals surface area contributed by atoms with Crippen molar-refractivity contribution in [3.05, 3.63) is 80.2 Å². The number of thiophene rings is 2. The largest absolute Gasteiger partial charge is 0.365 e. The molecule has 0 spiro atoms. The van der Waals surface area contributed by atoms with Crippen LogP contribution >= 0.6 is 22.7 Å². The average Bonchev–Trinajstić information content (AvgIpc) is 3.44. The molecule has 0 unspecified atom stereocenters. The Morgan fingerprint density at radius 3 is 1.43 bits per heavy atom. The van der Waals surface area contributed by atoms with Gasteiger partial charge in [0.15, 0.2) is 0 Å². The second-order valence-electron chi connectivity index (χ2n) is 5.64. The number of rotatable bonds is 6. The molecule has 0 bridgehead atoms. The third-order valence-electron chi connectivity index (χ3n) is 3.64. The summed E-state index contributed by atoms with van der Waals surface area (Å²) in [5.41, 5.74) is 1.78. The van der Waals surface area contributed by atoms with Crippen molar-refractivity contribution in [3.8, 4) is 0 Å². The van der Waals surface area contributed by atoms with E-state index in [2.05, 4.69) is 10.3 Å². The highest BCUT2D eigenvalue weighted by Crippen LogP contribution is 2.13. The van der Waals surface area contributed by atoms with E-state index in [-0.39, 0.29) is 11.1 Å². The summed E-state index contributed by atoms with van der Waals surface area (Å²) < 4.78 is 0. The number of oxime groups is 2. The topological polar surface area (TPSA) is 77.3 Å². The predicted molar refractivity (Wildman–Crippen MR) is 110 cm³/mol. The maximum absolute atomic E-state index is 12.1. The monoisotopic (exact) mass is 412 g/mol. The van der Waals surface area contributed by atoms with E-state index >= 15 is 0 Å². The van der Waals surface area contributed by atoms with Crippen molar-refractivity contribution < 1.29 is 19.3 Å². The number of benzene rings is 1. The fourth-order valence-electron chi connectivity index (χ4n) is 2.13. The summed E-state index contributed by atoms with van der Waals surface area (Å²) >= 11 is 3.01. The lowest BCUT2D eigenvalue weighted by molar-refractivity contribution is 0.0502. The van der Waals surface area contributed by atoms with Gasteiger partial charge in [0.2, 0.25) is 0 Å². The molecule has 3 aromatic rings. The van der Waals surface area contributed by atoms with Crippen molar-refractivity contribution in [1.29, 1.82) is 0 Å². The molecule has 0 aliphatic rings. The molecule has 3 rings (SSSR count). The van der Waals surface area contributed by atoms with Crippen molar-refractivity contribution in [1.82, 2.24) is 0 Å². The molecule has 0 saturated carbocycles. The lowest BCUT2D eigenvalue weighted by Crippen LogP contribution is -2.06. The number of carbonyl (C=O) groups excluding carboxylic acids is 2. The highest BCUT2D eigenvalue weighted by Gasteiger charge is 2.12. The zero-order valence-electron chi connectivity index (χ0n) is 15.1. The van der Waals surface area contributed by atoms with Crippen LogP contribution in [0.15, 0.2) is 69.6 Å². The molecule has 8 heteroatoms. The lowest BCUT2D eigenvalue weighted by atomic mass is 10.1. The Balaban J connectivity index is 1.59. The van der Waals surface area contributed by atoms with Crippen LogP contribution in [0.5, 0.6) is 0 Å². The Morgan fingerprint density at radius 1 is 0.714 bits per heavy atom. The summed E-state index contributed by atoms with van der Waals surface area (Å²) in [5.74, 6) is -1.22. The van der Waals surface area contributed by atoms with Gasteiger partial charge < -0.3 is 9.68 Å². The lowest BCUT2D eigenvalue weighted by Gasteiger charge is -2.02. The van der Waals surface area contributed by atoms with Gasteiger partial charge in [-0.05, 0) is 61.0 Å². The minimum atomic E-state index is -0.609. The number of hydrogen-bond donors (Lipinski definition) is 0. The smallest absolute Gasteiger partial charge is 0.313 e. The van der Waals surface area contributed by atoms with Crippen molar-refractivity contribution in [2.24, 2.45) is 10.3 Å². The molecular weight excluding hydrogens is 396 g/mol. The third-order valence-corrected chi connectivity index (χ3v) is 5.60. The molecule has 0 fully saturated rings. The van der Waals surface area contributed by atoms with Crippen molar-refractivity contribution in [2.75, 3.05) is 0 Å². The normalized spacial score (nSPS) is 11.9. The van der Waals surface area contributed by atoms with Crippen LogP contribution in [0, 0.1) is 0 Å². The van der Waals surface area contributed by atoms with Crippen LogP contribution in [0.25, 0.3) is 0 Å². The second-order valence-corrected chi connectivity index (χ2v) is 7.54. The van der Waals surface area contributed by atoms with Gasteiger partial charge in [-0.25, -0.2) is 9.59 Å². The molecule has 0 aliphatic heterocycles. The number of nitrogens with zero attached hydrogens (tertiary/aromatic N) is 2. The van der Waals surface area contributed by atoms with E-state index in [0.717, 1.165) is 9.75 Å². The molecule has 0 amide bonds. The number of hydrogen-bond acceptors (Lipinski definition) is 8. The van der Waals surface area contributed by atoms with Crippen LogP contribution in [-0.4, -0.2) is 23.4 Å². The molecule has 2 aromatic heterocycles. The van der Waals surface area contributed by atoms with Gasteiger partial charge >= 0.3 is 11.9 Å². The van der Waals surface area contributed by atoms with Crippen LogP contribution in [-0.2, 0) is 9.68 Å². The first-order chi connectivity index (χ1) is 13.5. The van der Waals surface area contributed by atoms with Crippen LogP contribution in [0.3, 0.4) is 0 Å². The van der Waals surface area contributed by atoms with Crippen LogP contribution in [0.2, 0.25) is 0 Å². The van der Waals surface area contributed by atoms with E-state index in [9.17, 15) is 9.59 Å². The molecule has 0 N–H and O–H groups in total. The minimum Gasteiger partial charge on any atom is -0.313 e. The van der Waals surface area contributed by atoms with Gasteiger partial charge in [0.25, 0.3) is 0 Å². The van der Waals surface area contributed by atoms with Crippen LogP contribution in [0.1, 0.15) is 44.3 Å². The first-order valence-corrected chi connectivity index (χ1v) is 10.00. The van der Waals surface area contributed by atoms with E-state index in [4.69, 9.17) is 9.68 Å². The molecule has 28 heavy (non-hydrogen) atoms. The molecule has 0 saturated heterocycles. The van der Waals surface area contributed by atoms with Gasteiger partial charge in [0, 0.05) is 0 Å². The molecular formula is C20H16N2O4S2. The summed E-state index contributed by atoms with van der Waals surface area (Å²) in [6.07, 6.45) is 0. The highest BCUT2D eigenvalue weighted by atomic mass is 32.1. The third kappa shape index (κ3) is 4.99. The zero-order chi connectivity index (χ0) is 19.9. The van der Waals surface area contributed by atoms with Gasteiger partial charge in [0.05, 0.1) is 32.3 Å². The summed E-state index contributed by atoms with van der Waals surface area (Å²) in [5, 5.41) is 11.5. The summed E-state index contributed by atoms with van der Waals surface area (Å²) in [4.78, 5) is 35.9. The van der Waals surface area contributed by atoms with Gasteiger partial charge in [-0.15, -0.1) is 22.7 Å². The van der Waals surface area contributed by atoms with Crippen molar-refractivity contribution in [2.45, 2.75) is 13.8 Å². The predicted octanol–water partition coefficient (Wildman–Crippen LogP) is 4.97. The molecule has 6 nitrogen and oxygen atoms in total. The average molecular weight is 412 g/mol. The van der Waals surface area contributed by atoms with E-state index in [0.29, 0.717) is 11.4 Å². The van der Waals surface area contributed by atoms with Gasteiger partial charge in [0.1, 0.15) is 0 Å². The standard InChI is InChI=1S/C20H16N2O4S2/c1-13(17-5-3-11-27-17)21-25-19(23)15-7-9-16(10-8-15)20(24)26-22-14(2)18-6-4-12-28-18/h3-12H,1-2H3/b21-13+,22-14+. The Hall–Kier alpha value is -3.10. The summed E-state index contributed by atoms with van der Waals surface area (Å²) in [6.45, 7) is 3.52. The SMILES string of the molecule is C/C(=N\OC(=O)c1ccc(C(=O)O/N=C(\C)c2cccs2)cc1)c1cccs1. The summed E-state index contributed by atoms with van der Waals surface area (Å²) in [6, 6.07) is 13.5. The Morgan fingerprint density at radius 2 is 1.11 bits per heavy atom. The molecule has 0 aliphatic carbocycles. The van der Waals surface area contributed by atoms with E-state index in [1.54, 1.807) is 13.8 Å². The van der Waals surface area contributed by atoms with E-state index in [1.807, 2.05) is 35.0 Å². The molecule has 142 valence electrons. The number of carbonyl (C=O) groups is 2. The van der Waals surface area contributed by atoms with E-state index < -0.39 is 11.9 Å². The second kappa shape index (κ2) is 9.20. The maximum atomic E-state index is 12.1. The molecule has 2 heterocycles. The molecule has 0 atom stereocenters. The van der Waals surface area contributed by atoms with Gasteiger partial charge in [-0.1, -0.05) is 22.4 Å². The van der Waals surface area contributed by atoms with Crippen LogP contribution in [0.4, 0.5) is 0 Å². The Bertz CT molecular complexity index is 922. The van der Waals surface area contributed by atoms with Gasteiger partial charge in [-0.3, -0.25) is 0 Å². The quantitative estimate of drug-likeness (QED) is 0.325. The molecule has 1 aromatic carbocycles. The Kier molecular flexibility index (Phi) is 6.46.